The zero-order chi connectivity index (χ0) is 10.9. The summed E-state index contributed by atoms with van der Waals surface area (Å²) in [7, 11) is 0. The van der Waals surface area contributed by atoms with Crippen LogP contribution in [0.25, 0.3) is 0 Å². The quantitative estimate of drug-likeness (QED) is 0.807. The van der Waals surface area contributed by atoms with Crippen molar-refractivity contribution < 1.29 is 13.9 Å². The molecule has 0 bridgehead atoms. The molecule has 15 heavy (non-hydrogen) atoms. The molecule has 1 aromatic carbocycles. The number of benzene rings is 1. The van der Waals surface area contributed by atoms with Crippen molar-refractivity contribution in [2.24, 2.45) is 5.73 Å². The van der Waals surface area contributed by atoms with Crippen molar-refractivity contribution in [3.05, 3.63) is 35.6 Å². The Morgan fingerprint density at radius 3 is 2.67 bits per heavy atom. The van der Waals surface area contributed by atoms with Crippen molar-refractivity contribution in [3.8, 4) is 0 Å². The summed E-state index contributed by atoms with van der Waals surface area (Å²) >= 11 is 0. The van der Waals surface area contributed by atoms with Gasteiger partial charge >= 0.3 is 0 Å². The predicted octanol–water partition coefficient (Wildman–Crippen LogP) is 1.59. The van der Waals surface area contributed by atoms with E-state index in [4.69, 9.17) is 15.2 Å². The van der Waals surface area contributed by atoms with Crippen LogP contribution in [-0.2, 0) is 9.47 Å². The molecule has 1 fully saturated rings. The summed E-state index contributed by atoms with van der Waals surface area (Å²) < 4.78 is 23.8. The van der Waals surface area contributed by atoms with Crippen LogP contribution in [0.2, 0.25) is 0 Å². The molecule has 0 radical (unpaired) electrons. The number of nitrogens with two attached hydrogens (primary N) is 1. The highest BCUT2D eigenvalue weighted by Crippen LogP contribution is 2.32. The van der Waals surface area contributed by atoms with E-state index >= 15 is 0 Å². The molecule has 0 spiro atoms. The Balaban J connectivity index is 2.11. The predicted molar refractivity (Wildman–Crippen MR) is 53.6 cm³/mol. The second-order valence-electron chi connectivity index (χ2n) is 3.81. The minimum absolute atomic E-state index is 0.154. The van der Waals surface area contributed by atoms with Gasteiger partial charge in [0.25, 0.3) is 0 Å². The molecule has 2 rings (SSSR count). The normalized spacial score (nSPS) is 30.7. The lowest BCUT2D eigenvalue weighted by molar-refractivity contribution is -0.145. The first-order valence-electron chi connectivity index (χ1n) is 4.90. The molecule has 1 aliphatic rings. The molecule has 2 atom stereocenters. The van der Waals surface area contributed by atoms with E-state index in [0.717, 1.165) is 5.56 Å². The van der Waals surface area contributed by atoms with Crippen LogP contribution in [0.4, 0.5) is 4.39 Å². The summed E-state index contributed by atoms with van der Waals surface area (Å²) in [6.45, 7) is 2.57. The van der Waals surface area contributed by atoms with Gasteiger partial charge in [-0.3, -0.25) is 0 Å². The van der Waals surface area contributed by atoms with E-state index in [1.54, 1.807) is 19.1 Å². The standard InChI is InChI=1S/C11H14FNO2/c1-11(7-13)14-6-10(15-11)8-2-4-9(12)5-3-8/h2-5,10H,6-7,13H2,1H3. The van der Waals surface area contributed by atoms with Crippen molar-refractivity contribution in [1.82, 2.24) is 0 Å². The second-order valence-corrected chi connectivity index (χ2v) is 3.81. The summed E-state index contributed by atoms with van der Waals surface area (Å²) in [5, 5.41) is 0. The maximum Gasteiger partial charge on any atom is 0.178 e. The van der Waals surface area contributed by atoms with Crippen LogP contribution in [0, 0.1) is 5.82 Å². The molecule has 3 nitrogen and oxygen atoms in total. The minimum atomic E-state index is -0.709. The molecular formula is C11H14FNO2. The van der Waals surface area contributed by atoms with Crippen molar-refractivity contribution in [3.63, 3.8) is 0 Å². The first kappa shape index (κ1) is 10.5. The average molecular weight is 211 g/mol. The third-order valence-electron chi connectivity index (χ3n) is 2.54. The molecule has 1 heterocycles. The van der Waals surface area contributed by atoms with Crippen molar-refractivity contribution >= 4 is 0 Å². The fourth-order valence-corrected chi connectivity index (χ4v) is 1.57. The summed E-state index contributed by atoms with van der Waals surface area (Å²) in [5.41, 5.74) is 6.43. The Bertz CT molecular complexity index is 341. The largest absolute Gasteiger partial charge is 0.346 e. The molecule has 82 valence electrons. The summed E-state index contributed by atoms with van der Waals surface area (Å²) in [5.74, 6) is -0.960. The fourth-order valence-electron chi connectivity index (χ4n) is 1.57. The molecule has 1 aromatic rings. The van der Waals surface area contributed by atoms with Gasteiger partial charge in [0.2, 0.25) is 0 Å². The smallest absolute Gasteiger partial charge is 0.178 e. The van der Waals surface area contributed by atoms with E-state index in [9.17, 15) is 4.39 Å². The van der Waals surface area contributed by atoms with Crippen LogP contribution < -0.4 is 5.73 Å². The van der Waals surface area contributed by atoms with Crippen molar-refractivity contribution in [2.75, 3.05) is 13.2 Å². The number of ether oxygens (including phenoxy) is 2. The highest BCUT2D eigenvalue weighted by Gasteiger charge is 2.36. The maximum atomic E-state index is 12.7. The lowest BCUT2D eigenvalue weighted by atomic mass is 10.1. The van der Waals surface area contributed by atoms with Gasteiger partial charge in [0.1, 0.15) is 11.9 Å². The molecular weight excluding hydrogens is 197 g/mol. The van der Waals surface area contributed by atoms with E-state index < -0.39 is 5.79 Å². The van der Waals surface area contributed by atoms with Crippen LogP contribution in [0.5, 0.6) is 0 Å². The lowest BCUT2D eigenvalue weighted by Crippen LogP contribution is -2.35. The van der Waals surface area contributed by atoms with Gasteiger partial charge in [-0.25, -0.2) is 4.39 Å². The van der Waals surface area contributed by atoms with Crippen molar-refractivity contribution in [2.45, 2.75) is 18.8 Å². The zero-order valence-corrected chi connectivity index (χ0v) is 8.57. The molecule has 1 aliphatic heterocycles. The molecule has 1 saturated heterocycles. The van der Waals surface area contributed by atoms with Crippen LogP contribution >= 0.6 is 0 Å². The SMILES string of the molecule is CC1(CN)OCC(c2ccc(F)cc2)O1. The number of hydrogen-bond acceptors (Lipinski definition) is 3. The highest BCUT2D eigenvalue weighted by molar-refractivity contribution is 5.19. The Kier molecular flexibility index (Phi) is 2.73. The Hall–Kier alpha value is -0.970. The summed E-state index contributed by atoms with van der Waals surface area (Å²) in [6, 6.07) is 6.23. The van der Waals surface area contributed by atoms with Gasteiger partial charge in [0, 0.05) is 6.54 Å². The minimum Gasteiger partial charge on any atom is -0.346 e. The third-order valence-corrected chi connectivity index (χ3v) is 2.54. The van der Waals surface area contributed by atoms with Crippen molar-refractivity contribution in [1.29, 1.82) is 0 Å². The molecule has 0 aromatic heterocycles. The molecule has 2 N–H and O–H groups in total. The van der Waals surface area contributed by atoms with E-state index in [-0.39, 0.29) is 11.9 Å². The zero-order valence-electron chi connectivity index (χ0n) is 8.57. The molecule has 4 heteroatoms. The molecule has 2 unspecified atom stereocenters. The van der Waals surface area contributed by atoms with Crippen LogP contribution in [0.3, 0.4) is 0 Å². The molecule has 0 amide bonds. The van der Waals surface area contributed by atoms with Gasteiger partial charge in [-0.2, -0.15) is 0 Å². The monoisotopic (exact) mass is 211 g/mol. The molecule has 0 saturated carbocycles. The maximum absolute atomic E-state index is 12.7. The fraction of sp³-hybridized carbons (Fsp3) is 0.455. The number of rotatable bonds is 2. The highest BCUT2D eigenvalue weighted by atomic mass is 19.1. The van der Waals surface area contributed by atoms with Crippen LogP contribution in [0.15, 0.2) is 24.3 Å². The summed E-state index contributed by atoms with van der Waals surface area (Å²) in [6.07, 6.45) is -0.154. The van der Waals surface area contributed by atoms with Gasteiger partial charge in [0.05, 0.1) is 6.61 Å². The van der Waals surface area contributed by atoms with Gasteiger partial charge < -0.3 is 15.2 Å². The Morgan fingerprint density at radius 1 is 1.47 bits per heavy atom. The summed E-state index contributed by atoms with van der Waals surface area (Å²) in [4.78, 5) is 0. The lowest BCUT2D eigenvalue weighted by Gasteiger charge is -2.20. The third kappa shape index (κ3) is 2.17. The van der Waals surface area contributed by atoms with Gasteiger partial charge in [0.15, 0.2) is 5.79 Å². The van der Waals surface area contributed by atoms with E-state index in [1.807, 2.05) is 0 Å². The average Bonchev–Trinajstić information content (AvgIpc) is 2.63. The second kappa shape index (κ2) is 3.89. The first-order valence-corrected chi connectivity index (χ1v) is 4.90. The van der Waals surface area contributed by atoms with Crippen LogP contribution in [0.1, 0.15) is 18.6 Å². The molecule has 0 aliphatic carbocycles. The van der Waals surface area contributed by atoms with Gasteiger partial charge in [-0.05, 0) is 24.6 Å². The van der Waals surface area contributed by atoms with Gasteiger partial charge in [-0.15, -0.1) is 0 Å². The number of halogens is 1. The Morgan fingerprint density at radius 2 is 2.13 bits per heavy atom. The van der Waals surface area contributed by atoms with E-state index in [0.29, 0.717) is 13.2 Å². The number of hydrogen-bond donors (Lipinski definition) is 1. The van der Waals surface area contributed by atoms with E-state index in [2.05, 4.69) is 0 Å². The topological polar surface area (TPSA) is 44.5 Å². The Labute approximate surface area is 88.0 Å². The van der Waals surface area contributed by atoms with Crippen LogP contribution in [-0.4, -0.2) is 18.9 Å². The van der Waals surface area contributed by atoms with E-state index in [1.165, 1.54) is 12.1 Å². The van der Waals surface area contributed by atoms with Gasteiger partial charge in [-0.1, -0.05) is 12.1 Å². The first-order chi connectivity index (χ1) is 7.13.